The van der Waals surface area contributed by atoms with E-state index in [1.165, 1.54) is 13.8 Å². The van der Waals surface area contributed by atoms with Crippen LogP contribution >= 0.6 is 0 Å². The fourth-order valence-electron chi connectivity index (χ4n) is 1.82. The molecule has 0 aliphatic carbocycles. The van der Waals surface area contributed by atoms with E-state index < -0.39 is 52.9 Å². The largest absolute Gasteiger partial charge is 0.432 e. The highest BCUT2D eigenvalue weighted by atomic mass is 19.4. The zero-order chi connectivity index (χ0) is 18.4. The van der Waals surface area contributed by atoms with E-state index >= 15 is 0 Å². The first-order valence-corrected chi connectivity index (χ1v) is 5.97. The highest BCUT2D eigenvalue weighted by molar-refractivity contribution is 5.34. The van der Waals surface area contributed by atoms with Gasteiger partial charge in [-0.3, -0.25) is 4.98 Å². The molecular formula is C12H10F9NO. The van der Waals surface area contributed by atoms with Crippen molar-refractivity contribution in [2.24, 2.45) is 0 Å². The summed E-state index contributed by atoms with van der Waals surface area (Å²) in [6.45, 7) is 2.51. The number of rotatable bonds is 2. The molecule has 0 radical (unpaired) electrons. The van der Waals surface area contributed by atoms with Crippen LogP contribution in [-0.2, 0) is 11.8 Å². The molecule has 0 atom stereocenters. The Balaban J connectivity index is 3.72. The van der Waals surface area contributed by atoms with Crippen molar-refractivity contribution in [1.82, 2.24) is 4.98 Å². The normalized spacial score (nSPS) is 14.5. The Bertz CT molecular complexity index is 557. The van der Waals surface area contributed by atoms with Gasteiger partial charge in [0, 0.05) is 6.20 Å². The predicted octanol–water partition coefficient (Wildman–Crippen LogP) is 4.54. The van der Waals surface area contributed by atoms with Gasteiger partial charge in [-0.1, -0.05) is 13.8 Å². The van der Waals surface area contributed by atoms with Crippen LogP contribution in [-0.4, -0.2) is 22.4 Å². The monoisotopic (exact) mass is 355 g/mol. The first-order chi connectivity index (χ1) is 10.0. The second-order valence-corrected chi connectivity index (χ2v) is 5.02. The number of aliphatic hydroxyl groups is 1. The van der Waals surface area contributed by atoms with Crippen LogP contribution in [0.3, 0.4) is 0 Å². The van der Waals surface area contributed by atoms with Crippen LogP contribution in [0.25, 0.3) is 0 Å². The molecule has 0 aromatic carbocycles. The Morgan fingerprint density at radius 2 is 1.35 bits per heavy atom. The molecule has 1 aromatic rings. The van der Waals surface area contributed by atoms with Gasteiger partial charge in [0.05, 0.1) is 11.3 Å². The number of aromatic nitrogens is 1. The summed E-state index contributed by atoms with van der Waals surface area (Å²) in [5.41, 5.74) is -10.00. The average molecular weight is 355 g/mol. The zero-order valence-corrected chi connectivity index (χ0v) is 11.5. The maximum atomic E-state index is 12.9. The van der Waals surface area contributed by atoms with Gasteiger partial charge in [-0.15, -0.1) is 0 Å². The summed E-state index contributed by atoms with van der Waals surface area (Å²) in [4.78, 5) is 2.79. The third kappa shape index (κ3) is 3.38. The zero-order valence-electron chi connectivity index (χ0n) is 11.5. The first-order valence-electron chi connectivity index (χ1n) is 5.97. The summed E-state index contributed by atoms with van der Waals surface area (Å²) in [5, 5.41) is 9.10. The molecule has 0 spiro atoms. The molecule has 11 heteroatoms. The maximum Gasteiger partial charge on any atom is 0.432 e. The number of hydrogen-bond acceptors (Lipinski definition) is 2. The van der Waals surface area contributed by atoms with Crippen molar-refractivity contribution in [3.63, 3.8) is 0 Å². The van der Waals surface area contributed by atoms with Gasteiger partial charge in [-0.05, 0) is 17.5 Å². The molecular weight excluding hydrogens is 345 g/mol. The molecule has 1 aromatic heterocycles. The van der Waals surface area contributed by atoms with Crippen LogP contribution in [0, 0.1) is 0 Å². The van der Waals surface area contributed by atoms with E-state index in [0.29, 0.717) is 0 Å². The predicted molar refractivity (Wildman–Crippen MR) is 59.3 cm³/mol. The second-order valence-electron chi connectivity index (χ2n) is 5.02. The van der Waals surface area contributed by atoms with Crippen molar-refractivity contribution in [2.75, 3.05) is 0 Å². The summed E-state index contributed by atoms with van der Waals surface area (Å²) < 4.78 is 115. The Kier molecular flexibility index (Phi) is 4.70. The van der Waals surface area contributed by atoms with E-state index in [-0.39, 0.29) is 6.20 Å². The van der Waals surface area contributed by atoms with Crippen LogP contribution in [0.5, 0.6) is 0 Å². The topological polar surface area (TPSA) is 33.1 Å². The molecule has 23 heavy (non-hydrogen) atoms. The Labute approximate surface area is 123 Å². The van der Waals surface area contributed by atoms with Crippen LogP contribution in [0.1, 0.15) is 36.6 Å². The van der Waals surface area contributed by atoms with Crippen molar-refractivity contribution in [3.8, 4) is 0 Å². The number of hydrogen-bond donors (Lipinski definition) is 1. The van der Waals surface area contributed by atoms with Crippen LogP contribution in [0.4, 0.5) is 39.5 Å². The van der Waals surface area contributed by atoms with E-state index in [2.05, 4.69) is 4.98 Å². The Morgan fingerprint density at radius 3 is 1.65 bits per heavy atom. The summed E-state index contributed by atoms with van der Waals surface area (Å²) in [6, 6.07) is -0.420. The van der Waals surface area contributed by atoms with E-state index in [9.17, 15) is 39.5 Å². The summed E-state index contributed by atoms with van der Waals surface area (Å²) >= 11 is 0. The van der Waals surface area contributed by atoms with E-state index in [1.807, 2.05) is 0 Å². The first kappa shape index (κ1) is 19.5. The molecule has 1 rings (SSSR count). The van der Waals surface area contributed by atoms with Gasteiger partial charge in [-0.25, -0.2) is 0 Å². The smallest absolute Gasteiger partial charge is 0.368 e. The lowest BCUT2D eigenvalue weighted by Crippen LogP contribution is -2.54. The lowest BCUT2D eigenvalue weighted by Gasteiger charge is -2.32. The minimum Gasteiger partial charge on any atom is -0.368 e. The van der Waals surface area contributed by atoms with Crippen molar-refractivity contribution in [2.45, 2.75) is 43.9 Å². The molecule has 0 unspecified atom stereocenters. The molecule has 1 heterocycles. The third-order valence-corrected chi connectivity index (χ3v) is 3.05. The minimum atomic E-state index is -6.31. The van der Waals surface area contributed by atoms with Gasteiger partial charge in [0.1, 0.15) is 0 Å². The highest BCUT2D eigenvalue weighted by Gasteiger charge is 2.72. The number of pyridine rings is 1. The molecule has 0 amide bonds. The summed E-state index contributed by atoms with van der Waals surface area (Å²) in [6.07, 6.45) is -17.6. The maximum absolute atomic E-state index is 12.9. The Hall–Kier alpha value is -1.52. The van der Waals surface area contributed by atoms with Gasteiger partial charge in [-0.2, -0.15) is 39.5 Å². The average Bonchev–Trinajstić information content (AvgIpc) is 2.33. The molecule has 0 saturated heterocycles. The van der Waals surface area contributed by atoms with Gasteiger partial charge < -0.3 is 5.11 Å². The van der Waals surface area contributed by atoms with Gasteiger partial charge >= 0.3 is 18.5 Å². The number of alkyl halides is 9. The van der Waals surface area contributed by atoms with Gasteiger partial charge in [0.2, 0.25) is 0 Å². The van der Waals surface area contributed by atoms with Gasteiger partial charge in [0.25, 0.3) is 5.60 Å². The number of halogens is 9. The van der Waals surface area contributed by atoms with E-state index in [1.54, 1.807) is 0 Å². The van der Waals surface area contributed by atoms with E-state index in [0.717, 1.165) is 0 Å². The molecule has 132 valence electrons. The SMILES string of the molecule is CC(C)c1cnc(C(O)(C(F)(F)F)C(F)(F)F)cc1C(F)(F)F. The van der Waals surface area contributed by atoms with Crippen molar-refractivity contribution in [1.29, 1.82) is 0 Å². The summed E-state index contributed by atoms with van der Waals surface area (Å²) in [7, 11) is 0. The molecule has 1 N–H and O–H groups in total. The highest BCUT2D eigenvalue weighted by Crippen LogP contribution is 2.50. The number of nitrogens with zero attached hydrogens (tertiary/aromatic N) is 1. The molecule has 0 bridgehead atoms. The van der Waals surface area contributed by atoms with Crippen molar-refractivity contribution >= 4 is 0 Å². The molecule has 2 nitrogen and oxygen atoms in total. The fourth-order valence-corrected chi connectivity index (χ4v) is 1.82. The van der Waals surface area contributed by atoms with E-state index in [4.69, 9.17) is 5.11 Å². The molecule has 0 fully saturated rings. The lowest BCUT2D eigenvalue weighted by molar-refractivity contribution is -0.377. The standard InChI is InChI=1S/C12H10F9NO/c1-5(2)6-4-22-8(3-7(6)10(13,14)15)9(23,11(16,17)18)12(19,20)21/h3-5,23H,1-2H3. The quantitative estimate of drug-likeness (QED) is 0.791. The molecule has 0 saturated carbocycles. The van der Waals surface area contributed by atoms with Crippen molar-refractivity contribution in [3.05, 3.63) is 29.1 Å². The second kappa shape index (κ2) is 5.53. The van der Waals surface area contributed by atoms with Crippen LogP contribution in [0.15, 0.2) is 12.3 Å². The van der Waals surface area contributed by atoms with Crippen molar-refractivity contribution < 1.29 is 44.6 Å². The molecule has 0 aliphatic heterocycles. The van der Waals surface area contributed by atoms with Crippen LogP contribution < -0.4 is 0 Å². The lowest BCUT2D eigenvalue weighted by atomic mass is 9.92. The fraction of sp³-hybridized carbons (Fsp3) is 0.583. The van der Waals surface area contributed by atoms with Crippen LogP contribution in [0.2, 0.25) is 0 Å². The molecule has 0 aliphatic rings. The van der Waals surface area contributed by atoms with Gasteiger partial charge in [0.15, 0.2) is 0 Å². The third-order valence-electron chi connectivity index (χ3n) is 3.05. The summed E-state index contributed by atoms with van der Waals surface area (Å²) in [5.74, 6) is -0.863. The minimum absolute atomic E-state index is 0.255. The Morgan fingerprint density at radius 1 is 0.913 bits per heavy atom.